The van der Waals surface area contributed by atoms with Crippen LogP contribution < -0.4 is 10.5 Å². The first-order chi connectivity index (χ1) is 9.13. The molecule has 0 spiro atoms. The van der Waals surface area contributed by atoms with Gasteiger partial charge in [0.05, 0.1) is 0 Å². The first-order valence-electron chi connectivity index (χ1n) is 6.10. The molecule has 1 heterocycles. The van der Waals surface area contributed by atoms with Crippen LogP contribution in [0.3, 0.4) is 0 Å². The Morgan fingerprint density at radius 1 is 1.00 bits per heavy atom. The summed E-state index contributed by atoms with van der Waals surface area (Å²) < 4.78 is 31.9. The van der Waals surface area contributed by atoms with E-state index in [1.807, 2.05) is 0 Å². The van der Waals surface area contributed by atoms with Crippen molar-refractivity contribution >= 4 is 0 Å². The highest BCUT2D eigenvalue weighted by Gasteiger charge is 2.27. The minimum atomic E-state index is -0.321. The van der Waals surface area contributed by atoms with Gasteiger partial charge in [0.25, 0.3) is 0 Å². The third-order valence-electron chi connectivity index (χ3n) is 3.35. The zero-order chi connectivity index (χ0) is 13.4. The Balaban J connectivity index is 1.92. The fourth-order valence-electron chi connectivity index (χ4n) is 2.36. The third-order valence-corrected chi connectivity index (χ3v) is 3.35. The van der Waals surface area contributed by atoms with Crippen LogP contribution in [0.2, 0.25) is 0 Å². The number of halogens is 2. The second-order valence-corrected chi connectivity index (χ2v) is 4.68. The van der Waals surface area contributed by atoms with Crippen LogP contribution in [-0.4, -0.2) is 0 Å². The molecule has 1 aliphatic rings. The van der Waals surface area contributed by atoms with Gasteiger partial charge in [0.1, 0.15) is 23.5 Å². The van der Waals surface area contributed by atoms with Gasteiger partial charge in [-0.05, 0) is 35.9 Å². The van der Waals surface area contributed by atoms with Crippen LogP contribution in [0.25, 0.3) is 0 Å². The van der Waals surface area contributed by atoms with Gasteiger partial charge in [0, 0.05) is 18.0 Å². The minimum Gasteiger partial charge on any atom is -0.485 e. The first-order valence-corrected chi connectivity index (χ1v) is 6.10. The highest BCUT2D eigenvalue weighted by molar-refractivity contribution is 5.39. The Hall–Kier alpha value is -1.94. The minimum absolute atomic E-state index is 0.228. The van der Waals surface area contributed by atoms with Crippen LogP contribution in [0.15, 0.2) is 42.5 Å². The second-order valence-electron chi connectivity index (χ2n) is 4.68. The Bertz CT molecular complexity index is 598. The maximum absolute atomic E-state index is 13.2. The zero-order valence-electron chi connectivity index (χ0n) is 10.1. The molecule has 0 amide bonds. The van der Waals surface area contributed by atoms with E-state index >= 15 is 0 Å². The Morgan fingerprint density at radius 3 is 2.42 bits per heavy atom. The van der Waals surface area contributed by atoms with Gasteiger partial charge in [0.2, 0.25) is 0 Å². The van der Waals surface area contributed by atoms with Gasteiger partial charge in [-0.15, -0.1) is 0 Å². The van der Waals surface area contributed by atoms with Crippen molar-refractivity contribution in [3.63, 3.8) is 0 Å². The van der Waals surface area contributed by atoms with Crippen LogP contribution in [0.5, 0.6) is 5.75 Å². The number of nitrogens with two attached hydrogens (primary N) is 1. The van der Waals surface area contributed by atoms with E-state index in [1.165, 1.54) is 24.3 Å². The molecule has 2 aromatic rings. The van der Waals surface area contributed by atoms with Crippen molar-refractivity contribution in [3.05, 3.63) is 65.2 Å². The predicted octanol–water partition coefficient (Wildman–Crippen LogP) is 3.49. The van der Waals surface area contributed by atoms with Gasteiger partial charge in [-0.2, -0.15) is 0 Å². The molecule has 2 nitrogen and oxygen atoms in total. The largest absolute Gasteiger partial charge is 0.485 e. The monoisotopic (exact) mass is 261 g/mol. The predicted molar refractivity (Wildman–Crippen MR) is 67.7 cm³/mol. The maximum atomic E-state index is 13.2. The highest BCUT2D eigenvalue weighted by atomic mass is 19.1. The summed E-state index contributed by atoms with van der Waals surface area (Å²) in [6.07, 6.45) is 0.316. The van der Waals surface area contributed by atoms with Crippen LogP contribution >= 0.6 is 0 Å². The Morgan fingerprint density at radius 2 is 1.68 bits per heavy atom. The van der Waals surface area contributed by atoms with Crippen molar-refractivity contribution < 1.29 is 13.5 Å². The molecule has 98 valence electrons. The fraction of sp³-hybridized carbons (Fsp3) is 0.200. The first kappa shape index (κ1) is 12.1. The molecular weight excluding hydrogens is 248 g/mol. The number of fused-ring (bicyclic) bond motifs is 1. The molecule has 0 saturated carbocycles. The van der Waals surface area contributed by atoms with Crippen molar-refractivity contribution in [1.29, 1.82) is 0 Å². The van der Waals surface area contributed by atoms with E-state index in [2.05, 4.69) is 0 Å². The van der Waals surface area contributed by atoms with Crippen LogP contribution in [0, 0.1) is 11.6 Å². The van der Waals surface area contributed by atoms with Crippen LogP contribution in [-0.2, 0) is 0 Å². The molecule has 1 aliphatic heterocycles. The standard InChI is InChI=1S/C15H13F2NO/c16-10-3-1-9(2-4-10)15-8-13(18)12-7-11(17)5-6-14(12)19-15/h1-7,13,15H,8,18H2/t13-,15?/m0/s1. The number of ether oxygens (including phenoxy) is 1. The van der Waals surface area contributed by atoms with Crippen LogP contribution in [0.4, 0.5) is 8.78 Å². The van der Waals surface area contributed by atoms with E-state index in [1.54, 1.807) is 18.2 Å². The van der Waals surface area contributed by atoms with Gasteiger partial charge in [-0.25, -0.2) is 8.78 Å². The Kier molecular flexibility index (Phi) is 2.95. The van der Waals surface area contributed by atoms with Crippen molar-refractivity contribution in [2.45, 2.75) is 18.6 Å². The third kappa shape index (κ3) is 2.31. The van der Waals surface area contributed by atoms with E-state index in [0.29, 0.717) is 17.7 Å². The van der Waals surface area contributed by atoms with Gasteiger partial charge < -0.3 is 10.5 Å². The van der Waals surface area contributed by atoms with E-state index < -0.39 is 0 Å². The number of rotatable bonds is 1. The summed E-state index contributed by atoms with van der Waals surface area (Å²) in [4.78, 5) is 0. The molecule has 1 unspecified atom stereocenters. The smallest absolute Gasteiger partial charge is 0.126 e. The molecule has 0 radical (unpaired) electrons. The van der Waals surface area contributed by atoms with E-state index in [-0.39, 0.29) is 23.8 Å². The average molecular weight is 261 g/mol. The molecule has 0 fully saturated rings. The molecular formula is C15H13F2NO. The van der Waals surface area contributed by atoms with Crippen LogP contribution in [0.1, 0.15) is 29.7 Å². The summed E-state index contributed by atoms with van der Waals surface area (Å²) in [7, 11) is 0. The number of benzene rings is 2. The molecule has 2 N–H and O–H groups in total. The molecule has 0 bridgehead atoms. The summed E-state index contributed by atoms with van der Waals surface area (Å²) in [6.45, 7) is 0. The maximum Gasteiger partial charge on any atom is 0.126 e. The lowest BCUT2D eigenvalue weighted by molar-refractivity contribution is 0.161. The summed E-state index contributed by atoms with van der Waals surface area (Å²) in [5.41, 5.74) is 7.60. The van der Waals surface area contributed by atoms with Crippen molar-refractivity contribution in [1.82, 2.24) is 0 Å². The van der Waals surface area contributed by atoms with Crippen molar-refractivity contribution in [2.75, 3.05) is 0 Å². The molecule has 19 heavy (non-hydrogen) atoms. The Labute approximate surface area is 109 Å². The topological polar surface area (TPSA) is 35.2 Å². The summed E-state index contributed by atoms with van der Waals surface area (Å²) in [6, 6.07) is 10.2. The molecule has 0 aromatic heterocycles. The zero-order valence-corrected chi connectivity index (χ0v) is 10.1. The van der Waals surface area contributed by atoms with Gasteiger partial charge in [-0.1, -0.05) is 12.1 Å². The van der Waals surface area contributed by atoms with Gasteiger partial charge in [0.15, 0.2) is 0 Å². The lowest BCUT2D eigenvalue weighted by Crippen LogP contribution is -2.24. The van der Waals surface area contributed by atoms with Gasteiger partial charge >= 0.3 is 0 Å². The molecule has 4 heteroatoms. The lowest BCUT2D eigenvalue weighted by atomic mass is 9.93. The van der Waals surface area contributed by atoms with Crippen molar-refractivity contribution in [3.8, 4) is 5.75 Å². The summed E-state index contributed by atoms with van der Waals surface area (Å²) in [5, 5.41) is 0. The van der Waals surface area contributed by atoms with E-state index in [4.69, 9.17) is 10.5 Å². The molecule has 0 saturated heterocycles. The summed E-state index contributed by atoms with van der Waals surface area (Å²) >= 11 is 0. The number of hydrogen-bond acceptors (Lipinski definition) is 2. The molecule has 2 aromatic carbocycles. The van der Waals surface area contributed by atoms with E-state index in [9.17, 15) is 8.78 Å². The molecule has 3 rings (SSSR count). The second kappa shape index (κ2) is 4.63. The van der Waals surface area contributed by atoms with Gasteiger partial charge in [-0.3, -0.25) is 0 Å². The number of hydrogen-bond donors (Lipinski definition) is 1. The highest BCUT2D eigenvalue weighted by Crippen LogP contribution is 2.39. The quantitative estimate of drug-likeness (QED) is 0.852. The SMILES string of the molecule is N[C@H]1CC(c2ccc(F)cc2)Oc2ccc(F)cc21. The summed E-state index contributed by atoms with van der Waals surface area (Å²) in [5.74, 6) is -0.0150. The normalized spacial score (nSPS) is 21.6. The van der Waals surface area contributed by atoms with Crippen molar-refractivity contribution in [2.24, 2.45) is 5.73 Å². The molecule has 0 aliphatic carbocycles. The van der Waals surface area contributed by atoms with E-state index in [0.717, 1.165) is 5.56 Å². The average Bonchev–Trinajstić information content (AvgIpc) is 2.40. The fourth-order valence-corrected chi connectivity index (χ4v) is 2.36. The molecule has 2 atom stereocenters. The lowest BCUT2D eigenvalue weighted by Gasteiger charge is -2.30.